The molecule has 0 saturated heterocycles. The van der Waals surface area contributed by atoms with Crippen molar-refractivity contribution in [3.8, 4) is 0 Å². The Morgan fingerprint density at radius 1 is 1.14 bits per heavy atom. The van der Waals surface area contributed by atoms with Gasteiger partial charge < -0.3 is 4.84 Å². The first-order valence-corrected chi connectivity index (χ1v) is 4.99. The minimum Gasteiger partial charge on any atom is -0.391 e. The fourth-order valence-corrected chi connectivity index (χ4v) is 1.09. The summed E-state index contributed by atoms with van der Waals surface area (Å²) >= 11 is 0. The summed E-state index contributed by atoms with van der Waals surface area (Å²) in [5, 5.41) is 3.68. The Hall–Kier alpha value is -1.31. The minimum absolute atomic E-state index is 0.525. The Labute approximate surface area is 85.6 Å². The highest BCUT2D eigenvalue weighted by atomic mass is 16.6. The summed E-state index contributed by atoms with van der Waals surface area (Å²) in [4.78, 5) is 5.05. The SMILES string of the molecule is CC/[C]=N\OCc1ccc(CC)cc1. The van der Waals surface area contributed by atoms with Gasteiger partial charge in [-0.15, -0.1) is 0 Å². The summed E-state index contributed by atoms with van der Waals surface area (Å²) in [7, 11) is 0. The molecule has 0 fully saturated rings. The average molecular weight is 190 g/mol. The van der Waals surface area contributed by atoms with Crippen molar-refractivity contribution < 1.29 is 4.84 Å². The summed E-state index contributed by atoms with van der Waals surface area (Å²) in [6.45, 7) is 4.64. The molecule has 2 nitrogen and oxygen atoms in total. The van der Waals surface area contributed by atoms with Crippen LogP contribution in [0.1, 0.15) is 31.4 Å². The van der Waals surface area contributed by atoms with Gasteiger partial charge in [-0.05, 0) is 24.0 Å². The predicted molar refractivity (Wildman–Crippen MR) is 58.3 cm³/mol. The van der Waals surface area contributed by atoms with Crippen molar-refractivity contribution >= 4 is 6.21 Å². The number of hydrogen-bond donors (Lipinski definition) is 0. The van der Waals surface area contributed by atoms with Crippen LogP contribution in [0.25, 0.3) is 0 Å². The fraction of sp³-hybridized carbons (Fsp3) is 0.417. The van der Waals surface area contributed by atoms with Gasteiger partial charge in [-0.25, -0.2) is 0 Å². The Kier molecular flexibility index (Phi) is 4.76. The average Bonchev–Trinajstić information content (AvgIpc) is 2.25. The number of rotatable bonds is 5. The van der Waals surface area contributed by atoms with E-state index in [-0.39, 0.29) is 0 Å². The Bertz CT molecular complexity index is 277. The zero-order valence-electron chi connectivity index (χ0n) is 8.79. The first-order valence-electron chi connectivity index (χ1n) is 4.99. The van der Waals surface area contributed by atoms with E-state index in [1.54, 1.807) is 0 Å². The van der Waals surface area contributed by atoms with Crippen LogP contribution in [-0.4, -0.2) is 6.21 Å². The summed E-state index contributed by atoms with van der Waals surface area (Å²) in [5.41, 5.74) is 2.49. The van der Waals surface area contributed by atoms with Crippen LogP contribution in [0.15, 0.2) is 29.4 Å². The van der Waals surface area contributed by atoms with Gasteiger partial charge in [0, 0.05) is 0 Å². The molecule has 0 atom stereocenters. The van der Waals surface area contributed by atoms with E-state index in [2.05, 4.69) is 42.6 Å². The molecule has 0 heterocycles. The second kappa shape index (κ2) is 6.19. The van der Waals surface area contributed by atoms with Crippen LogP contribution < -0.4 is 0 Å². The van der Waals surface area contributed by atoms with Crippen molar-refractivity contribution in [2.75, 3.05) is 0 Å². The van der Waals surface area contributed by atoms with Crippen LogP contribution in [0.4, 0.5) is 0 Å². The zero-order valence-corrected chi connectivity index (χ0v) is 8.79. The van der Waals surface area contributed by atoms with Gasteiger partial charge in [0.2, 0.25) is 0 Å². The van der Waals surface area contributed by atoms with E-state index >= 15 is 0 Å². The highest BCUT2D eigenvalue weighted by Gasteiger charge is 1.92. The normalized spacial score (nSPS) is 10.7. The molecule has 0 aliphatic carbocycles. The molecule has 14 heavy (non-hydrogen) atoms. The van der Waals surface area contributed by atoms with Crippen molar-refractivity contribution in [1.82, 2.24) is 0 Å². The molecular formula is C12H16NO. The molecule has 0 amide bonds. The quantitative estimate of drug-likeness (QED) is 0.516. The third kappa shape index (κ3) is 3.60. The van der Waals surface area contributed by atoms with Crippen LogP contribution in [0.3, 0.4) is 0 Å². The maximum absolute atomic E-state index is 5.05. The lowest BCUT2D eigenvalue weighted by Gasteiger charge is -2.00. The van der Waals surface area contributed by atoms with Gasteiger partial charge in [-0.1, -0.05) is 43.3 Å². The van der Waals surface area contributed by atoms with Gasteiger partial charge in [0.05, 0.1) is 0 Å². The summed E-state index contributed by atoms with van der Waals surface area (Å²) in [5.74, 6) is 0. The van der Waals surface area contributed by atoms with E-state index < -0.39 is 0 Å². The van der Waals surface area contributed by atoms with Crippen molar-refractivity contribution in [3.63, 3.8) is 0 Å². The predicted octanol–water partition coefficient (Wildman–Crippen LogP) is 3.04. The third-order valence-corrected chi connectivity index (χ3v) is 1.95. The fourth-order valence-electron chi connectivity index (χ4n) is 1.09. The topological polar surface area (TPSA) is 21.6 Å². The monoisotopic (exact) mass is 190 g/mol. The van der Waals surface area contributed by atoms with Crippen molar-refractivity contribution in [2.45, 2.75) is 33.3 Å². The number of benzene rings is 1. The van der Waals surface area contributed by atoms with Gasteiger partial charge in [0.25, 0.3) is 0 Å². The maximum atomic E-state index is 5.05. The molecule has 0 bridgehead atoms. The van der Waals surface area contributed by atoms with Gasteiger partial charge in [0.1, 0.15) is 12.8 Å². The smallest absolute Gasteiger partial charge is 0.142 e. The molecule has 75 valence electrons. The molecule has 0 spiro atoms. The van der Waals surface area contributed by atoms with Crippen molar-refractivity contribution in [1.29, 1.82) is 0 Å². The Morgan fingerprint density at radius 2 is 1.79 bits per heavy atom. The molecule has 1 rings (SSSR count). The zero-order chi connectivity index (χ0) is 10.2. The summed E-state index contributed by atoms with van der Waals surface area (Å²) in [6.07, 6.45) is 4.60. The third-order valence-electron chi connectivity index (χ3n) is 1.95. The lowest BCUT2D eigenvalue weighted by Crippen LogP contribution is -1.88. The molecular weight excluding hydrogens is 174 g/mol. The molecule has 1 aromatic carbocycles. The molecule has 1 radical (unpaired) electrons. The van der Waals surface area contributed by atoms with Crippen molar-refractivity contribution in [3.05, 3.63) is 35.4 Å². The lowest BCUT2D eigenvalue weighted by atomic mass is 10.1. The molecule has 0 aromatic heterocycles. The molecule has 1 aromatic rings. The van der Waals surface area contributed by atoms with E-state index in [0.717, 1.165) is 18.4 Å². The molecule has 2 heteroatoms. The molecule has 0 aliphatic rings. The van der Waals surface area contributed by atoms with E-state index in [4.69, 9.17) is 4.84 Å². The first-order chi connectivity index (χ1) is 6.86. The maximum Gasteiger partial charge on any atom is 0.142 e. The van der Waals surface area contributed by atoms with Crippen molar-refractivity contribution in [2.24, 2.45) is 5.16 Å². The molecule has 0 unspecified atom stereocenters. The standard InChI is InChI=1S/C12H16NO/c1-3-9-13-14-10-12-7-5-11(4-2)6-8-12/h5-8H,3-4,10H2,1-2H3. The van der Waals surface area contributed by atoms with Gasteiger partial charge in [0.15, 0.2) is 0 Å². The van der Waals surface area contributed by atoms with Crippen LogP contribution >= 0.6 is 0 Å². The number of nitrogens with zero attached hydrogens (tertiary/aromatic N) is 1. The summed E-state index contributed by atoms with van der Waals surface area (Å²) < 4.78 is 0. The number of aryl methyl sites for hydroxylation is 1. The molecule has 0 aliphatic heterocycles. The minimum atomic E-state index is 0.525. The van der Waals surface area contributed by atoms with Crippen LogP contribution in [0, 0.1) is 0 Å². The molecule has 0 N–H and O–H groups in total. The van der Waals surface area contributed by atoms with E-state index in [0.29, 0.717) is 6.61 Å². The first kappa shape index (κ1) is 10.8. The van der Waals surface area contributed by atoms with E-state index in [1.807, 2.05) is 6.92 Å². The Balaban J connectivity index is 2.40. The van der Waals surface area contributed by atoms with Crippen LogP contribution in [0.2, 0.25) is 0 Å². The molecule has 0 saturated carbocycles. The van der Waals surface area contributed by atoms with Gasteiger partial charge in [-0.2, -0.15) is 0 Å². The summed E-state index contributed by atoms with van der Waals surface area (Å²) in [6, 6.07) is 8.37. The van der Waals surface area contributed by atoms with E-state index in [1.165, 1.54) is 5.56 Å². The Morgan fingerprint density at radius 3 is 2.36 bits per heavy atom. The highest BCUT2D eigenvalue weighted by molar-refractivity contribution is 5.55. The highest BCUT2D eigenvalue weighted by Crippen LogP contribution is 2.06. The lowest BCUT2D eigenvalue weighted by molar-refractivity contribution is 0.131. The van der Waals surface area contributed by atoms with Gasteiger partial charge >= 0.3 is 0 Å². The number of hydrogen-bond acceptors (Lipinski definition) is 2. The second-order valence-corrected chi connectivity index (χ2v) is 3.05. The van der Waals surface area contributed by atoms with Crippen LogP contribution in [-0.2, 0) is 17.9 Å². The van der Waals surface area contributed by atoms with Crippen LogP contribution in [0.5, 0.6) is 0 Å². The van der Waals surface area contributed by atoms with Gasteiger partial charge in [-0.3, -0.25) is 0 Å². The largest absolute Gasteiger partial charge is 0.391 e. The van der Waals surface area contributed by atoms with E-state index in [9.17, 15) is 0 Å². The second-order valence-electron chi connectivity index (χ2n) is 3.05.